The number of rotatable bonds is 3. The molecule has 0 aromatic rings. The Morgan fingerprint density at radius 3 is 1.89 bits per heavy atom. The zero-order valence-electron chi connectivity index (χ0n) is 7.65. The van der Waals surface area contributed by atoms with Gasteiger partial charge in [0.05, 0.1) is 0 Å². The second-order valence-corrected chi connectivity index (χ2v) is 4.47. The lowest BCUT2D eigenvalue weighted by Crippen LogP contribution is -2.41. The molecule has 0 N–H and O–H groups in total. The highest BCUT2D eigenvalue weighted by atomic mass is 15.2. The summed E-state index contributed by atoms with van der Waals surface area (Å²) < 4.78 is 1.18. The molecule has 0 atom stereocenters. The van der Waals surface area contributed by atoms with Crippen LogP contribution in [0.5, 0.6) is 0 Å². The van der Waals surface area contributed by atoms with Crippen LogP contribution >= 0.6 is 0 Å². The van der Waals surface area contributed by atoms with E-state index in [0.717, 1.165) is 0 Å². The molecule has 0 rings (SSSR count). The van der Waals surface area contributed by atoms with Crippen molar-refractivity contribution in [3.63, 3.8) is 0 Å². The molecule has 0 aliphatic heterocycles. The first kappa shape index (κ1) is 8.89. The van der Waals surface area contributed by atoms with E-state index in [1.807, 2.05) is 0 Å². The fourth-order valence-corrected chi connectivity index (χ4v) is 1.30. The highest BCUT2D eigenvalue weighted by Gasteiger charge is 2.14. The molecule has 0 aliphatic rings. The van der Waals surface area contributed by atoms with E-state index in [-0.39, 0.29) is 7.41 Å². The fourth-order valence-electron chi connectivity index (χ4n) is 1.30. The summed E-state index contributed by atoms with van der Waals surface area (Å²) in [6, 6.07) is 0. The van der Waals surface area contributed by atoms with Crippen LogP contribution in [0.1, 0.15) is 20.3 Å². The van der Waals surface area contributed by atoms with Crippen molar-refractivity contribution in [2.75, 3.05) is 21.1 Å². The van der Waals surface area contributed by atoms with E-state index >= 15 is 0 Å². The first-order valence-electron chi connectivity index (χ1n) is 3.85. The van der Waals surface area contributed by atoms with Gasteiger partial charge in [-0.15, -0.1) is 0 Å². The quantitative estimate of drug-likeness (QED) is 0.388. The molecule has 0 bridgehead atoms. The van der Waals surface area contributed by atoms with E-state index in [1.54, 1.807) is 5.82 Å². The average Bonchev–Trinajstić information content (AvgIpc) is 1.62. The predicted octanol–water partition coefficient (Wildman–Crippen LogP) is 0.738. The molecule has 0 unspecified atom stereocenters. The fraction of sp³-hybridized carbons (Fsp3) is 0.857. The summed E-state index contributed by atoms with van der Waals surface area (Å²) in [5, 5.41) is 0. The van der Waals surface area contributed by atoms with Crippen LogP contribution in [0.3, 0.4) is 0 Å². The molecule has 0 spiro atoms. The maximum Gasteiger partial charge on any atom is 0.371 e. The monoisotopic (exact) mass is 128 g/mol. The maximum absolute atomic E-state index is 2.28. The molecule has 0 heterocycles. The number of hydrogen-bond acceptors (Lipinski definition) is 0. The molecule has 0 aliphatic carbocycles. The highest BCUT2D eigenvalue weighted by molar-refractivity contribution is 6.34. The molecule has 0 amide bonds. The first-order valence-corrected chi connectivity index (χ1v) is 3.85. The Labute approximate surface area is 59.9 Å². The highest BCUT2D eigenvalue weighted by Crippen LogP contribution is 2.04. The number of hydrogen-bond donors (Lipinski definition) is 0. The van der Waals surface area contributed by atoms with Crippen molar-refractivity contribution < 1.29 is 4.39 Å². The molecule has 0 radical (unpaired) electrons. The summed E-state index contributed by atoms with van der Waals surface area (Å²) in [5.41, 5.74) is 0. The third kappa shape index (κ3) is 5.77. The Bertz CT molecular complexity index is 75.5. The summed E-state index contributed by atoms with van der Waals surface area (Å²) in [6.07, 6.45) is 1.27. The zero-order chi connectivity index (χ0) is 7.49. The van der Waals surface area contributed by atoms with E-state index < -0.39 is 0 Å². The van der Waals surface area contributed by atoms with Gasteiger partial charge in [0.2, 0.25) is 0 Å². The Hall–Kier alpha value is -0.105. The van der Waals surface area contributed by atoms with Gasteiger partial charge >= 0.3 is 7.41 Å². The largest absolute Gasteiger partial charge is 0.486 e. The smallest absolute Gasteiger partial charge is 0.371 e. The van der Waals surface area contributed by atoms with Crippen LogP contribution in [0, 0.1) is 5.82 Å². The summed E-state index contributed by atoms with van der Waals surface area (Å²) >= 11 is 0. The second-order valence-electron chi connectivity index (χ2n) is 4.47. The average molecular weight is 128 g/mol. The lowest BCUT2D eigenvalue weighted by atomic mass is 9.72. The summed E-state index contributed by atoms with van der Waals surface area (Å²) in [4.78, 5) is 0. The first-order chi connectivity index (χ1) is 3.95. The predicted molar refractivity (Wildman–Crippen MR) is 45.8 cm³/mol. The van der Waals surface area contributed by atoms with Gasteiger partial charge in [-0.25, -0.2) is 0 Å². The second kappa shape index (κ2) is 3.16. The van der Waals surface area contributed by atoms with Gasteiger partial charge in [-0.2, -0.15) is 0 Å². The minimum absolute atomic E-state index is 0.146. The number of nitrogens with zero attached hydrogens (tertiary/aromatic N) is 1. The molecule has 54 valence electrons. The SMILES string of the molecule is CC[C+](C)[BH2-][N+](C)(C)C. The molecule has 1 nitrogen and oxygen atoms in total. The van der Waals surface area contributed by atoms with Gasteiger partial charge in [0.25, 0.3) is 0 Å². The van der Waals surface area contributed by atoms with Crippen molar-refractivity contribution >= 4 is 7.41 Å². The van der Waals surface area contributed by atoms with Crippen molar-refractivity contribution in [1.82, 2.24) is 0 Å². The van der Waals surface area contributed by atoms with Crippen LogP contribution in [0.4, 0.5) is 0 Å². The van der Waals surface area contributed by atoms with Crippen molar-refractivity contribution in [3.8, 4) is 0 Å². The van der Waals surface area contributed by atoms with Crippen LogP contribution in [0.15, 0.2) is 0 Å². The van der Waals surface area contributed by atoms with Gasteiger partial charge in [0.15, 0.2) is 0 Å². The molecule has 0 aromatic carbocycles. The lowest BCUT2D eigenvalue weighted by molar-refractivity contribution is -0.755. The molecular formula is C7H19BN+. The van der Waals surface area contributed by atoms with Gasteiger partial charge in [0, 0.05) is 34.5 Å². The minimum Gasteiger partial charge on any atom is -0.486 e. The molecule has 0 saturated carbocycles. The molecule has 2 heteroatoms. The number of quaternary nitrogens is 1. The zero-order valence-corrected chi connectivity index (χ0v) is 7.65. The minimum atomic E-state index is 0.146. The van der Waals surface area contributed by atoms with Crippen LogP contribution in [0.2, 0.25) is 0 Å². The standard InChI is InChI=1S/C7H19BN/c1-6-7(2)8-9(3,4)5/h6,8H2,1-5H3/q+1. The summed E-state index contributed by atoms with van der Waals surface area (Å²) in [7, 11) is 6.98. The Kier molecular flexibility index (Phi) is 3.13. The van der Waals surface area contributed by atoms with E-state index in [2.05, 4.69) is 35.0 Å². The molecule has 0 aromatic heterocycles. The third-order valence-corrected chi connectivity index (χ3v) is 1.76. The molecule has 9 heavy (non-hydrogen) atoms. The lowest BCUT2D eigenvalue weighted by Gasteiger charge is -2.30. The Morgan fingerprint density at radius 2 is 1.78 bits per heavy atom. The van der Waals surface area contributed by atoms with Crippen molar-refractivity contribution in [2.24, 2.45) is 0 Å². The molecular weight excluding hydrogens is 109 g/mol. The van der Waals surface area contributed by atoms with Crippen molar-refractivity contribution in [2.45, 2.75) is 20.3 Å². The van der Waals surface area contributed by atoms with E-state index in [0.29, 0.717) is 0 Å². The van der Waals surface area contributed by atoms with Crippen LogP contribution in [0.25, 0.3) is 0 Å². The normalized spacial score (nSPS) is 11.7. The van der Waals surface area contributed by atoms with E-state index in [9.17, 15) is 0 Å². The van der Waals surface area contributed by atoms with Gasteiger partial charge < -0.3 is 4.39 Å². The van der Waals surface area contributed by atoms with E-state index in [4.69, 9.17) is 0 Å². The summed E-state index contributed by atoms with van der Waals surface area (Å²) in [6.45, 7) is 4.53. The van der Waals surface area contributed by atoms with Crippen LogP contribution < -0.4 is 0 Å². The van der Waals surface area contributed by atoms with Gasteiger partial charge in [-0.05, 0) is 12.7 Å². The van der Waals surface area contributed by atoms with Gasteiger partial charge in [-0.1, -0.05) is 0 Å². The Morgan fingerprint density at radius 1 is 1.33 bits per heavy atom. The topological polar surface area (TPSA) is 0 Å². The molecule has 0 saturated heterocycles. The van der Waals surface area contributed by atoms with Gasteiger partial charge in [-0.3, -0.25) is 0 Å². The third-order valence-electron chi connectivity index (χ3n) is 1.76. The Balaban J connectivity index is 3.47. The maximum atomic E-state index is 2.28. The molecule has 0 fully saturated rings. The van der Waals surface area contributed by atoms with Crippen LogP contribution in [-0.2, 0) is 0 Å². The van der Waals surface area contributed by atoms with Crippen molar-refractivity contribution in [1.29, 1.82) is 0 Å². The summed E-state index contributed by atoms with van der Waals surface area (Å²) in [5.74, 6) is 1.71. The van der Waals surface area contributed by atoms with Crippen molar-refractivity contribution in [3.05, 3.63) is 5.82 Å². The van der Waals surface area contributed by atoms with Gasteiger partial charge in [0.1, 0.15) is 0 Å². The van der Waals surface area contributed by atoms with Crippen LogP contribution in [-0.4, -0.2) is 33.0 Å². The van der Waals surface area contributed by atoms with E-state index in [1.165, 1.54) is 10.8 Å².